The minimum absolute atomic E-state index is 0.193. The summed E-state index contributed by atoms with van der Waals surface area (Å²) < 4.78 is 10.6. The summed E-state index contributed by atoms with van der Waals surface area (Å²) in [6.07, 6.45) is 0. The number of aromatic nitrogens is 2. The van der Waals surface area contributed by atoms with Gasteiger partial charge in [0, 0.05) is 17.7 Å². The average Bonchev–Trinajstić information content (AvgIpc) is 2.53. The third-order valence-electron chi connectivity index (χ3n) is 3.13. The lowest BCUT2D eigenvalue weighted by atomic mass is 10.1. The van der Waals surface area contributed by atoms with E-state index in [1.54, 1.807) is 20.3 Å². The molecule has 1 heterocycles. The fourth-order valence-electron chi connectivity index (χ4n) is 1.99. The van der Waals surface area contributed by atoms with E-state index in [-0.39, 0.29) is 5.56 Å². The monoisotopic (exact) mass is 289 g/mol. The van der Waals surface area contributed by atoms with Gasteiger partial charge in [-0.15, -0.1) is 0 Å². The van der Waals surface area contributed by atoms with Crippen LogP contribution in [0, 0.1) is 0 Å². The van der Waals surface area contributed by atoms with Crippen molar-refractivity contribution >= 4 is 0 Å². The second kappa shape index (κ2) is 6.90. The molecule has 0 aliphatic carbocycles. The molecule has 112 valence electrons. The smallest absolute Gasteiger partial charge is 0.268 e. The number of hydrogen-bond donors (Lipinski definition) is 2. The van der Waals surface area contributed by atoms with Crippen LogP contribution in [0.25, 0.3) is 11.3 Å². The molecule has 0 amide bonds. The third kappa shape index (κ3) is 3.41. The normalized spacial score (nSPS) is 10.4. The number of methoxy groups -OCH3 is 2. The van der Waals surface area contributed by atoms with Crippen LogP contribution >= 0.6 is 0 Å². The zero-order valence-electron chi connectivity index (χ0n) is 12.4. The molecule has 0 fully saturated rings. The number of nitrogens with one attached hydrogen (secondary N) is 2. The molecule has 2 rings (SSSR count). The predicted octanol–water partition coefficient (Wildman–Crippen LogP) is 1.56. The molecule has 0 bridgehead atoms. The zero-order chi connectivity index (χ0) is 15.2. The molecule has 1 aromatic heterocycles. The SMILES string of the molecule is CCNCc1cc(-c2cc(OC)ccc2OC)n[nH]c1=O. The summed E-state index contributed by atoms with van der Waals surface area (Å²) in [5.74, 6) is 1.37. The first-order chi connectivity index (χ1) is 10.2. The standard InChI is InChI=1S/C15H19N3O3/c1-4-16-9-10-7-13(17-18-15(10)19)12-8-11(20-2)5-6-14(12)21-3/h5-8,16H,4,9H2,1-3H3,(H,18,19). The largest absolute Gasteiger partial charge is 0.497 e. The first-order valence-corrected chi connectivity index (χ1v) is 6.71. The topological polar surface area (TPSA) is 76.2 Å². The summed E-state index contributed by atoms with van der Waals surface area (Å²) in [7, 11) is 3.19. The molecular formula is C15H19N3O3. The van der Waals surface area contributed by atoms with Crippen LogP contribution in [-0.4, -0.2) is 31.0 Å². The van der Waals surface area contributed by atoms with Gasteiger partial charge in [0.25, 0.3) is 5.56 Å². The van der Waals surface area contributed by atoms with Gasteiger partial charge in [-0.3, -0.25) is 4.79 Å². The molecule has 0 saturated carbocycles. The molecule has 0 unspecified atom stereocenters. The molecule has 2 aromatic rings. The highest BCUT2D eigenvalue weighted by Gasteiger charge is 2.11. The van der Waals surface area contributed by atoms with Crippen LogP contribution in [0.4, 0.5) is 0 Å². The lowest BCUT2D eigenvalue weighted by molar-refractivity contribution is 0.404. The molecule has 0 radical (unpaired) electrons. The molecular weight excluding hydrogens is 270 g/mol. The number of H-pyrrole nitrogens is 1. The van der Waals surface area contributed by atoms with Crippen LogP contribution in [0.5, 0.6) is 11.5 Å². The Morgan fingerprint density at radius 2 is 2.05 bits per heavy atom. The maximum Gasteiger partial charge on any atom is 0.268 e. The van der Waals surface area contributed by atoms with E-state index in [9.17, 15) is 4.79 Å². The van der Waals surface area contributed by atoms with E-state index in [0.29, 0.717) is 29.3 Å². The predicted molar refractivity (Wildman–Crippen MR) is 80.8 cm³/mol. The van der Waals surface area contributed by atoms with E-state index in [1.165, 1.54) is 0 Å². The Morgan fingerprint density at radius 1 is 1.24 bits per heavy atom. The van der Waals surface area contributed by atoms with Crippen LogP contribution in [0.1, 0.15) is 12.5 Å². The second-order valence-electron chi connectivity index (χ2n) is 4.45. The molecule has 0 saturated heterocycles. The van der Waals surface area contributed by atoms with Crippen molar-refractivity contribution in [3.05, 3.63) is 40.2 Å². The maximum atomic E-state index is 11.8. The average molecular weight is 289 g/mol. The number of aromatic amines is 1. The van der Waals surface area contributed by atoms with E-state index < -0.39 is 0 Å². The number of rotatable bonds is 6. The minimum atomic E-state index is -0.193. The van der Waals surface area contributed by atoms with Crippen molar-refractivity contribution in [2.24, 2.45) is 0 Å². The molecule has 0 atom stereocenters. The summed E-state index contributed by atoms with van der Waals surface area (Å²) in [6, 6.07) is 7.22. The number of nitrogens with zero attached hydrogens (tertiary/aromatic N) is 1. The molecule has 6 nitrogen and oxygen atoms in total. The fourth-order valence-corrected chi connectivity index (χ4v) is 1.99. The zero-order valence-corrected chi connectivity index (χ0v) is 12.4. The van der Waals surface area contributed by atoms with E-state index in [1.807, 2.05) is 25.1 Å². The first kappa shape index (κ1) is 15.1. The van der Waals surface area contributed by atoms with Gasteiger partial charge in [0.15, 0.2) is 0 Å². The summed E-state index contributed by atoms with van der Waals surface area (Å²) in [6.45, 7) is 3.27. The van der Waals surface area contributed by atoms with Gasteiger partial charge in [-0.05, 0) is 30.8 Å². The van der Waals surface area contributed by atoms with E-state index in [0.717, 1.165) is 12.1 Å². The number of benzene rings is 1. The van der Waals surface area contributed by atoms with Gasteiger partial charge in [0.2, 0.25) is 0 Å². The highest BCUT2D eigenvalue weighted by atomic mass is 16.5. The Balaban J connectivity index is 2.48. The highest BCUT2D eigenvalue weighted by molar-refractivity contribution is 5.69. The van der Waals surface area contributed by atoms with E-state index in [2.05, 4.69) is 15.5 Å². The van der Waals surface area contributed by atoms with E-state index >= 15 is 0 Å². The van der Waals surface area contributed by atoms with Crippen LogP contribution in [0.3, 0.4) is 0 Å². The third-order valence-corrected chi connectivity index (χ3v) is 3.13. The Kier molecular flexibility index (Phi) is 4.94. The van der Waals surface area contributed by atoms with Crippen molar-refractivity contribution in [2.45, 2.75) is 13.5 Å². The second-order valence-corrected chi connectivity index (χ2v) is 4.45. The van der Waals surface area contributed by atoms with Gasteiger partial charge in [-0.25, -0.2) is 5.10 Å². The van der Waals surface area contributed by atoms with Gasteiger partial charge in [-0.1, -0.05) is 6.92 Å². The molecule has 21 heavy (non-hydrogen) atoms. The molecule has 0 aliphatic rings. The van der Waals surface area contributed by atoms with Gasteiger partial charge >= 0.3 is 0 Å². The summed E-state index contributed by atoms with van der Waals surface area (Å²) in [5, 5.41) is 9.75. The minimum Gasteiger partial charge on any atom is -0.497 e. The van der Waals surface area contributed by atoms with Crippen molar-refractivity contribution in [1.29, 1.82) is 0 Å². The Bertz CT molecular complexity index is 667. The van der Waals surface area contributed by atoms with Gasteiger partial charge in [-0.2, -0.15) is 5.10 Å². The molecule has 2 N–H and O–H groups in total. The Hall–Kier alpha value is -2.34. The van der Waals surface area contributed by atoms with Gasteiger partial charge < -0.3 is 14.8 Å². The van der Waals surface area contributed by atoms with Crippen molar-refractivity contribution in [1.82, 2.24) is 15.5 Å². The van der Waals surface area contributed by atoms with Crippen LogP contribution in [-0.2, 0) is 6.54 Å². The quantitative estimate of drug-likeness (QED) is 0.844. The molecule has 0 spiro atoms. The van der Waals surface area contributed by atoms with Crippen LogP contribution in [0.2, 0.25) is 0 Å². The van der Waals surface area contributed by atoms with Gasteiger partial charge in [0.05, 0.1) is 19.9 Å². The summed E-state index contributed by atoms with van der Waals surface area (Å²) >= 11 is 0. The lowest BCUT2D eigenvalue weighted by Crippen LogP contribution is -2.21. The van der Waals surface area contributed by atoms with E-state index in [4.69, 9.17) is 9.47 Å². The summed E-state index contributed by atoms with van der Waals surface area (Å²) in [4.78, 5) is 11.8. The molecule has 6 heteroatoms. The van der Waals surface area contributed by atoms with Gasteiger partial charge in [0.1, 0.15) is 11.5 Å². The van der Waals surface area contributed by atoms with Crippen molar-refractivity contribution in [3.8, 4) is 22.8 Å². The van der Waals surface area contributed by atoms with Crippen LogP contribution in [0.15, 0.2) is 29.1 Å². The summed E-state index contributed by atoms with van der Waals surface area (Å²) in [5.41, 5.74) is 1.84. The maximum absolute atomic E-state index is 11.8. The van der Waals surface area contributed by atoms with Crippen LogP contribution < -0.4 is 20.3 Å². The molecule has 1 aromatic carbocycles. The molecule has 0 aliphatic heterocycles. The van der Waals surface area contributed by atoms with Crippen molar-refractivity contribution < 1.29 is 9.47 Å². The lowest BCUT2D eigenvalue weighted by Gasteiger charge is -2.10. The first-order valence-electron chi connectivity index (χ1n) is 6.71. The number of hydrogen-bond acceptors (Lipinski definition) is 5. The highest BCUT2D eigenvalue weighted by Crippen LogP contribution is 2.31. The number of ether oxygens (including phenoxy) is 2. The Labute approximate surface area is 123 Å². The van der Waals surface area contributed by atoms with Crippen molar-refractivity contribution in [2.75, 3.05) is 20.8 Å². The Morgan fingerprint density at radius 3 is 2.71 bits per heavy atom. The fraction of sp³-hybridized carbons (Fsp3) is 0.333. The van der Waals surface area contributed by atoms with Crippen molar-refractivity contribution in [3.63, 3.8) is 0 Å².